The number of hydrogen-bond donors (Lipinski definition) is 1. The number of aromatic amines is 1. The van der Waals surface area contributed by atoms with Crippen molar-refractivity contribution in [1.82, 2.24) is 9.88 Å². The summed E-state index contributed by atoms with van der Waals surface area (Å²) in [6, 6.07) is 12.0. The molecule has 4 heteroatoms. The van der Waals surface area contributed by atoms with Crippen LogP contribution in [-0.2, 0) is 16.1 Å². The van der Waals surface area contributed by atoms with E-state index in [4.69, 9.17) is 4.74 Å². The molecule has 0 unspecified atom stereocenters. The minimum absolute atomic E-state index is 0.0485. The van der Waals surface area contributed by atoms with Gasteiger partial charge in [0.25, 0.3) is 5.91 Å². The van der Waals surface area contributed by atoms with Crippen LogP contribution in [0.1, 0.15) is 30.1 Å². The van der Waals surface area contributed by atoms with Gasteiger partial charge in [0.1, 0.15) is 0 Å². The molecule has 110 valence electrons. The molecule has 1 saturated carbocycles. The first-order chi connectivity index (χ1) is 10.3. The van der Waals surface area contributed by atoms with E-state index in [1.165, 1.54) is 0 Å². The molecule has 0 radical (unpaired) electrons. The van der Waals surface area contributed by atoms with E-state index in [9.17, 15) is 4.79 Å². The molecule has 1 N–H and O–H groups in total. The van der Waals surface area contributed by atoms with Crippen molar-refractivity contribution in [1.29, 1.82) is 0 Å². The predicted molar refractivity (Wildman–Crippen MR) is 80.6 cm³/mol. The summed E-state index contributed by atoms with van der Waals surface area (Å²) in [5.41, 5.74) is 2.03. The zero-order valence-corrected chi connectivity index (χ0v) is 12.2. The molecule has 0 bridgehead atoms. The lowest BCUT2D eigenvalue weighted by Gasteiger charge is -2.26. The smallest absolute Gasteiger partial charge is 0.256 e. The average Bonchev–Trinajstić information content (AvgIpc) is 3.23. The number of methoxy groups -OCH3 is 1. The fraction of sp³-hybridized carbons (Fsp3) is 0.353. The number of benzene rings is 1. The molecule has 1 atom stereocenters. The number of carbonyl (C=O) groups excluding carboxylic acids is 1. The van der Waals surface area contributed by atoms with E-state index in [2.05, 4.69) is 4.98 Å². The highest BCUT2D eigenvalue weighted by atomic mass is 16.5. The van der Waals surface area contributed by atoms with Crippen molar-refractivity contribution >= 4 is 5.91 Å². The monoisotopic (exact) mass is 284 g/mol. The number of nitrogens with zero attached hydrogens (tertiary/aromatic N) is 1. The van der Waals surface area contributed by atoms with Crippen molar-refractivity contribution in [2.75, 3.05) is 7.11 Å². The quantitative estimate of drug-likeness (QED) is 0.886. The van der Waals surface area contributed by atoms with Gasteiger partial charge in [0.05, 0.1) is 0 Å². The normalized spacial score (nSPS) is 15.7. The molecule has 1 amide bonds. The summed E-state index contributed by atoms with van der Waals surface area (Å²) in [7, 11) is 1.59. The van der Waals surface area contributed by atoms with Gasteiger partial charge in [-0.25, -0.2) is 0 Å². The molecule has 0 aliphatic heterocycles. The molecular weight excluding hydrogens is 264 g/mol. The number of hydrogen-bond acceptors (Lipinski definition) is 2. The Balaban J connectivity index is 1.79. The van der Waals surface area contributed by atoms with Gasteiger partial charge in [-0.3, -0.25) is 4.79 Å². The zero-order chi connectivity index (χ0) is 14.7. The molecule has 1 fully saturated rings. The second-order valence-corrected chi connectivity index (χ2v) is 5.44. The lowest BCUT2D eigenvalue weighted by atomic mass is 10.1. The first kappa shape index (κ1) is 13.9. The summed E-state index contributed by atoms with van der Waals surface area (Å²) in [6.07, 6.45) is 5.47. The summed E-state index contributed by atoms with van der Waals surface area (Å²) < 4.78 is 5.48. The van der Waals surface area contributed by atoms with Gasteiger partial charge in [0.2, 0.25) is 0 Å². The molecule has 1 aromatic heterocycles. The third-order valence-corrected chi connectivity index (χ3v) is 3.85. The van der Waals surface area contributed by atoms with Crippen LogP contribution in [-0.4, -0.2) is 28.9 Å². The van der Waals surface area contributed by atoms with Crippen LogP contribution in [0.3, 0.4) is 0 Å². The molecule has 1 aliphatic carbocycles. The molecule has 1 aromatic carbocycles. The van der Waals surface area contributed by atoms with Crippen LogP contribution in [0.15, 0.2) is 48.8 Å². The highest BCUT2D eigenvalue weighted by molar-refractivity contribution is 5.83. The Bertz CT molecular complexity index is 576. The fourth-order valence-electron chi connectivity index (χ4n) is 2.58. The van der Waals surface area contributed by atoms with Gasteiger partial charge in [-0.2, -0.15) is 0 Å². The first-order valence-electron chi connectivity index (χ1n) is 7.29. The minimum atomic E-state index is -0.522. The molecule has 0 spiro atoms. The SMILES string of the molecule is CO[C@H](C(=O)N(Cc1cc[nH]c1)C1CC1)c1ccccc1. The largest absolute Gasteiger partial charge is 0.367 e. The summed E-state index contributed by atoms with van der Waals surface area (Å²) in [5, 5.41) is 0. The van der Waals surface area contributed by atoms with Gasteiger partial charge in [-0.1, -0.05) is 30.3 Å². The molecule has 3 rings (SSSR count). The van der Waals surface area contributed by atoms with Crippen molar-refractivity contribution in [3.05, 3.63) is 59.9 Å². The van der Waals surface area contributed by atoms with Gasteiger partial charge in [0.15, 0.2) is 6.10 Å². The van der Waals surface area contributed by atoms with E-state index in [1.807, 2.05) is 53.7 Å². The van der Waals surface area contributed by atoms with Crippen molar-refractivity contribution < 1.29 is 9.53 Å². The van der Waals surface area contributed by atoms with Gasteiger partial charge in [-0.15, -0.1) is 0 Å². The molecule has 1 heterocycles. The third kappa shape index (κ3) is 3.16. The van der Waals surface area contributed by atoms with Gasteiger partial charge >= 0.3 is 0 Å². The van der Waals surface area contributed by atoms with E-state index in [0.717, 1.165) is 24.0 Å². The minimum Gasteiger partial charge on any atom is -0.367 e. The Morgan fingerprint density at radius 2 is 2.10 bits per heavy atom. The van der Waals surface area contributed by atoms with Crippen LogP contribution in [0.25, 0.3) is 0 Å². The Morgan fingerprint density at radius 1 is 1.33 bits per heavy atom. The Labute approximate surface area is 124 Å². The van der Waals surface area contributed by atoms with Crippen molar-refractivity contribution in [3.63, 3.8) is 0 Å². The Kier molecular flexibility index (Phi) is 4.06. The number of carbonyl (C=O) groups is 1. The van der Waals surface area contributed by atoms with Crippen LogP contribution in [0.5, 0.6) is 0 Å². The highest BCUT2D eigenvalue weighted by Crippen LogP contribution is 2.32. The maximum absolute atomic E-state index is 12.9. The molecule has 4 nitrogen and oxygen atoms in total. The maximum Gasteiger partial charge on any atom is 0.256 e. The van der Waals surface area contributed by atoms with E-state index < -0.39 is 6.10 Å². The first-order valence-corrected chi connectivity index (χ1v) is 7.29. The summed E-state index contributed by atoms with van der Waals surface area (Å²) in [4.78, 5) is 17.9. The number of aromatic nitrogens is 1. The standard InChI is InChI=1S/C17H20N2O2/c1-21-16(14-5-3-2-4-6-14)17(20)19(15-7-8-15)12-13-9-10-18-11-13/h2-6,9-11,15-16,18H,7-8,12H2,1H3/t16-/m0/s1. The number of nitrogens with one attached hydrogen (secondary N) is 1. The average molecular weight is 284 g/mol. The third-order valence-electron chi connectivity index (χ3n) is 3.85. The number of amides is 1. The Morgan fingerprint density at radius 3 is 2.67 bits per heavy atom. The van der Waals surface area contributed by atoms with Crippen LogP contribution >= 0.6 is 0 Å². The van der Waals surface area contributed by atoms with E-state index in [1.54, 1.807) is 7.11 Å². The lowest BCUT2D eigenvalue weighted by Crippen LogP contribution is -2.37. The number of rotatable bonds is 6. The molecule has 21 heavy (non-hydrogen) atoms. The maximum atomic E-state index is 12.9. The highest BCUT2D eigenvalue weighted by Gasteiger charge is 2.36. The van der Waals surface area contributed by atoms with E-state index in [0.29, 0.717) is 12.6 Å². The van der Waals surface area contributed by atoms with E-state index in [-0.39, 0.29) is 5.91 Å². The lowest BCUT2D eigenvalue weighted by molar-refractivity contribution is -0.143. The molecule has 1 aliphatic rings. The van der Waals surface area contributed by atoms with Crippen LogP contribution in [0.4, 0.5) is 0 Å². The topological polar surface area (TPSA) is 45.3 Å². The van der Waals surface area contributed by atoms with Crippen LogP contribution in [0.2, 0.25) is 0 Å². The van der Waals surface area contributed by atoms with Crippen molar-refractivity contribution in [2.45, 2.75) is 31.5 Å². The second kappa shape index (κ2) is 6.14. The summed E-state index contributed by atoms with van der Waals surface area (Å²) in [5.74, 6) is 0.0485. The van der Waals surface area contributed by atoms with E-state index >= 15 is 0 Å². The van der Waals surface area contributed by atoms with Crippen LogP contribution in [0, 0.1) is 0 Å². The van der Waals surface area contributed by atoms with Gasteiger partial charge in [0, 0.05) is 32.1 Å². The number of H-pyrrole nitrogens is 1. The summed E-state index contributed by atoms with van der Waals surface area (Å²) in [6.45, 7) is 0.639. The van der Waals surface area contributed by atoms with Gasteiger partial charge < -0.3 is 14.6 Å². The van der Waals surface area contributed by atoms with Crippen LogP contribution < -0.4 is 0 Å². The Hall–Kier alpha value is -2.07. The predicted octanol–water partition coefficient (Wildman–Crippen LogP) is 2.89. The van der Waals surface area contributed by atoms with Crippen molar-refractivity contribution in [2.24, 2.45) is 0 Å². The van der Waals surface area contributed by atoms with Gasteiger partial charge in [-0.05, 0) is 30.0 Å². The molecule has 2 aromatic rings. The fourth-order valence-corrected chi connectivity index (χ4v) is 2.58. The molecule has 0 saturated heterocycles. The molecular formula is C17H20N2O2. The number of ether oxygens (including phenoxy) is 1. The van der Waals surface area contributed by atoms with Crippen molar-refractivity contribution in [3.8, 4) is 0 Å². The zero-order valence-electron chi connectivity index (χ0n) is 12.2. The second-order valence-electron chi connectivity index (χ2n) is 5.44. The summed E-state index contributed by atoms with van der Waals surface area (Å²) >= 11 is 0.